The summed E-state index contributed by atoms with van der Waals surface area (Å²) in [5.74, 6) is -3.21. The van der Waals surface area contributed by atoms with Crippen molar-refractivity contribution >= 4 is 39.2 Å². The fourth-order valence-corrected chi connectivity index (χ4v) is 5.26. The zero-order valence-corrected chi connectivity index (χ0v) is 22.1. The van der Waals surface area contributed by atoms with Crippen LogP contribution in [0.2, 0.25) is 0 Å². The van der Waals surface area contributed by atoms with Crippen LogP contribution in [-0.4, -0.2) is 4.98 Å². The number of nitriles is 4. The van der Waals surface area contributed by atoms with Gasteiger partial charge in [0.1, 0.15) is 23.8 Å². The first-order valence-electron chi connectivity index (χ1n) is 12.2. The molecule has 45 heavy (non-hydrogen) atoms. The minimum Gasteiger partial charge on any atom is -0.237 e. The summed E-state index contributed by atoms with van der Waals surface area (Å²) in [6, 6.07) is 13.2. The van der Waals surface area contributed by atoms with Gasteiger partial charge in [-0.15, -0.1) is 0 Å². The smallest absolute Gasteiger partial charge is 0.237 e. The summed E-state index contributed by atoms with van der Waals surface area (Å²) in [5, 5.41) is 39.7. The van der Waals surface area contributed by atoms with Crippen LogP contribution in [-0.2, 0) is 0 Å². The van der Waals surface area contributed by atoms with E-state index in [0.717, 1.165) is 12.1 Å². The molecule has 12 heteroatoms. The number of aromatic nitrogens is 1. The molecule has 0 saturated carbocycles. The van der Waals surface area contributed by atoms with Gasteiger partial charge in [-0.1, -0.05) is 6.07 Å². The Labute approximate surface area is 252 Å². The quantitative estimate of drug-likeness (QED) is 0.175. The van der Waals surface area contributed by atoms with Gasteiger partial charge in [-0.3, -0.25) is 0 Å². The monoisotopic (exact) mass is 585 g/mol. The van der Waals surface area contributed by atoms with Crippen LogP contribution in [0.1, 0.15) is 39.1 Å². The molecule has 2 aromatic carbocycles. The highest BCUT2D eigenvalue weighted by atomic mass is 19.1. The SMILES string of the molecule is [C-]#[N+]C1=C(c2cc(F)c([N+]#[C-])cc2F)/C(=C(/C#N)[N+]#[C-])c2cc3c(cc21)/C(=C(/C#N)[N+]#[C-])C(c1ccc(F)nc1C#N)=C3C#N. The third-order valence-corrected chi connectivity index (χ3v) is 7.00. The maximum absolute atomic E-state index is 15.4. The van der Waals surface area contributed by atoms with E-state index in [1.807, 2.05) is 6.07 Å². The highest BCUT2D eigenvalue weighted by Gasteiger charge is 2.38. The van der Waals surface area contributed by atoms with Crippen LogP contribution >= 0.6 is 0 Å². The summed E-state index contributed by atoms with van der Waals surface area (Å²) < 4.78 is 44.1. The lowest BCUT2D eigenvalue weighted by atomic mass is 9.91. The fourth-order valence-electron chi connectivity index (χ4n) is 5.26. The van der Waals surface area contributed by atoms with Crippen molar-refractivity contribution in [3.63, 3.8) is 0 Å². The normalized spacial score (nSPS) is 14.7. The maximum Gasteiger partial charge on any atom is 0.270 e. The lowest BCUT2D eigenvalue weighted by Crippen LogP contribution is -1.98. The second kappa shape index (κ2) is 10.9. The molecule has 204 valence electrons. The number of halogens is 3. The summed E-state index contributed by atoms with van der Waals surface area (Å²) in [4.78, 5) is 16.5. The Morgan fingerprint density at radius 3 is 1.82 bits per heavy atom. The van der Waals surface area contributed by atoms with E-state index in [4.69, 9.17) is 26.3 Å². The van der Waals surface area contributed by atoms with Gasteiger partial charge in [0.05, 0.1) is 44.0 Å². The first-order chi connectivity index (χ1) is 21.7. The fraction of sp³-hybridized carbons (Fsp3) is 0. The molecule has 2 aliphatic carbocycles. The molecule has 1 aromatic heterocycles. The number of nitrogens with zero attached hydrogens (tertiary/aromatic N) is 9. The molecule has 9 nitrogen and oxygen atoms in total. The Hall–Kier alpha value is -7.74. The number of hydrogen-bond acceptors (Lipinski definition) is 5. The molecule has 0 N–H and O–H groups in total. The Balaban J connectivity index is 1.96. The Bertz CT molecular complexity index is 2410. The van der Waals surface area contributed by atoms with Crippen LogP contribution in [0.15, 0.2) is 47.8 Å². The van der Waals surface area contributed by atoms with Crippen molar-refractivity contribution in [1.82, 2.24) is 4.98 Å². The second-order valence-electron chi connectivity index (χ2n) is 9.07. The van der Waals surface area contributed by atoms with Crippen LogP contribution in [0.3, 0.4) is 0 Å². The predicted octanol–water partition coefficient (Wildman–Crippen LogP) is 7.48. The summed E-state index contributed by atoms with van der Waals surface area (Å²) in [6.45, 7) is 30.3. The summed E-state index contributed by atoms with van der Waals surface area (Å²) in [5.41, 5.74) is -3.85. The van der Waals surface area contributed by atoms with E-state index in [1.54, 1.807) is 18.2 Å². The molecule has 1 heterocycles. The van der Waals surface area contributed by atoms with E-state index in [2.05, 4.69) is 24.4 Å². The first kappa shape index (κ1) is 28.8. The van der Waals surface area contributed by atoms with Crippen LogP contribution < -0.4 is 0 Å². The van der Waals surface area contributed by atoms with Crippen LogP contribution in [0.5, 0.6) is 0 Å². The summed E-state index contributed by atoms with van der Waals surface area (Å²) in [7, 11) is 0. The zero-order chi connectivity index (χ0) is 32.6. The number of fused-ring (bicyclic) bond motifs is 2. The van der Waals surface area contributed by atoms with E-state index in [-0.39, 0.29) is 61.4 Å². The van der Waals surface area contributed by atoms with Crippen molar-refractivity contribution in [3.05, 3.63) is 150 Å². The lowest BCUT2D eigenvalue weighted by molar-refractivity contribution is 0.582. The lowest BCUT2D eigenvalue weighted by Gasteiger charge is -2.12. The van der Waals surface area contributed by atoms with E-state index in [9.17, 15) is 29.8 Å². The van der Waals surface area contributed by atoms with Gasteiger partial charge < -0.3 is 0 Å². The number of pyridine rings is 1. The topological polar surface area (TPSA) is 125 Å². The Morgan fingerprint density at radius 2 is 1.27 bits per heavy atom. The Morgan fingerprint density at radius 1 is 0.644 bits per heavy atom. The largest absolute Gasteiger partial charge is 0.270 e. The van der Waals surface area contributed by atoms with Gasteiger partial charge in [0.25, 0.3) is 11.4 Å². The minimum absolute atomic E-state index is 0.00950. The molecule has 0 saturated heterocycles. The predicted molar refractivity (Wildman–Crippen MR) is 152 cm³/mol. The summed E-state index contributed by atoms with van der Waals surface area (Å²) >= 11 is 0. The number of allylic oxidation sites excluding steroid dienone is 7. The molecule has 0 spiro atoms. The van der Waals surface area contributed by atoms with E-state index in [1.165, 1.54) is 12.1 Å². The highest BCUT2D eigenvalue weighted by Crippen LogP contribution is 2.55. The average Bonchev–Trinajstić information content (AvgIpc) is 3.53. The molecule has 0 aliphatic heterocycles. The van der Waals surface area contributed by atoms with Gasteiger partial charge in [-0.05, 0) is 63.7 Å². The van der Waals surface area contributed by atoms with Crippen molar-refractivity contribution < 1.29 is 13.2 Å². The van der Waals surface area contributed by atoms with Crippen molar-refractivity contribution in [2.24, 2.45) is 0 Å². The van der Waals surface area contributed by atoms with Gasteiger partial charge in [0.2, 0.25) is 17.3 Å². The number of rotatable bonds is 2. The molecular formula is C33H6F3N9. The molecule has 0 unspecified atom stereocenters. The van der Waals surface area contributed by atoms with Gasteiger partial charge in [0.15, 0.2) is 5.69 Å². The molecule has 0 atom stereocenters. The third-order valence-electron chi connectivity index (χ3n) is 7.00. The van der Waals surface area contributed by atoms with Crippen molar-refractivity contribution in [1.29, 1.82) is 21.0 Å². The first-order valence-corrected chi connectivity index (χ1v) is 12.2. The standard InChI is InChI=1S/C33H6F3N9/c1-41-24-10-22(34)20(9-23(24)35)32-31(27(14-40)43-3)18-7-16-17(8-19(18)33(32)44-4)30(26(13-39)42-2)29(21(16)11-37)15-5-6-28(36)45-25(15)12-38/h5-10H/b30-26+,31-27-. The summed E-state index contributed by atoms with van der Waals surface area (Å²) in [6.07, 6.45) is 0. The minimum atomic E-state index is -1.11. The zero-order valence-electron chi connectivity index (χ0n) is 22.1. The molecule has 0 amide bonds. The molecule has 2 aliphatic rings. The Kier molecular flexibility index (Phi) is 6.98. The van der Waals surface area contributed by atoms with Crippen LogP contribution in [0.25, 0.3) is 52.9 Å². The third kappa shape index (κ3) is 4.15. The average molecular weight is 585 g/mol. The maximum atomic E-state index is 15.4. The van der Waals surface area contributed by atoms with Gasteiger partial charge in [-0.25, -0.2) is 43.7 Å². The molecule has 0 bridgehead atoms. The highest BCUT2D eigenvalue weighted by molar-refractivity contribution is 6.29. The van der Waals surface area contributed by atoms with E-state index < -0.39 is 45.9 Å². The van der Waals surface area contributed by atoms with E-state index >= 15 is 4.39 Å². The van der Waals surface area contributed by atoms with Gasteiger partial charge >= 0.3 is 0 Å². The number of hydrogen-bond donors (Lipinski definition) is 0. The van der Waals surface area contributed by atoms with Crippen molar-refractivity contribution in [2.75, 3.05) is 0 Å². The van der Waals surface area contributed by atoms with Crippen LogP contribution in [0, 0.1) is 89.2 Å². The van der Waals surface area contributed by atoms with E-state index in [0.29, 0.717) is 12.1 Å². The molecule has 5 rings (SSSR count). The van der Waals surface area contributed by atoms with Gasteiger partial charge in [0, 0.05) is 22.3 Å². The second-order valence-corrected chi connectivity index (χ2v) is 9.07. The van der Waals surface area contributed by atoms with Crippen molar-refractivity contribution in [2.45, 2.75) is 0 Å². The van der Waals surface area contributed by atoms with Gasteiger partial charge in [-0.2, -0.15) is 14.9 Å². The molecule has 0 fully saturated rings. The molecule has 3 aromatic rings. The molecule has 0 radical (unpaired) electrons. The van der Waals surface area contributed by atoms with Crippen molar-refractivity contribution in [3.8, 4) is 24.3 Å². The molecular weight excluding hydrogens is 579 g/mol. The van der Waals surface area contributed by atoms with Crippen LogP contribution in [0.4, 0.5) is 18.9 Å². The number of benzene rings is 2.